The number of aromatic nitrogens is 1. The van der Waals surface area contributed by atoms with Crippen LogP contribution in [0.4, 0.5) is 0 Å². The van der Waals surface area contributed by atoms with Gasteiger partial charge in [0.1, 0.15) is 0 Å². The van der Waals surface area contributed by atoms with Crippen LogP contribution in [-0.4, -0.2) is 10.4 Å². The molecule has 0 aliphatic rings. The van der Waals surface area contributed by atoms with Gasteiger partial charge < -0.3 is 4.57 Å². The molecule has 0 unspecified atom stereocenters. The summed E-state index contributed by atoms with van der Waals surface area (Å²) in [7, 11) is 1.96. The van der Waals surface area contributed by atoms with Crippen molar-refractivity contribution in [3.05, 3.63) is 35.5 Å². The van der Waals surface area contributed by atoms with E-state index in [-0.39, 0.29) is 11.7 Å². The minimum atomic E-state index is 0.0433. The number of para-hydroxylation sites is 1. The summed E-state index contributed by atoms with van der Waals surface area (Å²) < 4.78 is 2.01. The molecule has 2 aromatic rings. The van der Waals surface area contributed by atoms with Gasteiger partial charge in [-0.2, -0.15) is 0 Å². The third-order valence-corrected chi connectivity index (χ3v) is 3.12. The predicted octanol–water partition coefficient (Wildman–Crippen LogP) is 3.33. The molecule has 2 nitrogen and oxygen atoms in total. The number of benzene rings is 1. The second-order valence-corrected chi connectivity index (χ2v) is 4.57. The van der Waals surface area contributed by atoms with E-state index in [9.17, 15) is 4.79 Å². The van der Waals surface area contributed by atoms with Gasteiger partial charge in [0.25, 0.3) is 0 Å². The SMILES string of the molecule is Cc1c(C(=O)C(C)C)n(C)c2ccccc12. The predicted molar refractivity (Wildman–Crippen MR) is 66.8 cm³/mol. The van der Waals surface area contributed by atoms with Crippen LogP contribution < -0.4 is 0 Å². The fraction of sp³-hybridized carbons (Fsp3) is 0.357. The molecule has 2 heteroatoms. The minimum Gasteiger partial charge on any atom is -0.341 e. The van der Waals surface area contributed by atoms with Crippen LogP contribution in [0.15, 0.2) is 24.3 Å². The number of carbonyl (C=O) groups is 1. The van der Waals surface area contributed by atoms with Crippen molar-refractivity contribution < 1.29 is 4.79 Å². The van der Waals surface area contributed by atoms with Crippen LogP contribution in [0.1, 0.15) is 29.9 Å². The van der Waals surface area contributed by atoms with Gasteiger partial charge in [-0.3, -0.25) is 4.79 Å². The normalized spacial score (nSPS) is 11.3. The molecule has 16 heavy (non-hydrogen) atoms. The van der Waals surface area contributed by atoms with Crippen LogP contribution in [0.25, 0.3) is 10.9 Å². The van der Waals surface area contributed by atoms with Crippen LogP contribution in [0.2, 0.25) is 0 Å². The second-order valence-electron chi connectivity index (χ2n) is 4.57. The van der Waals surface area contributed by atoms with Crippen LogP contribution in [0, 0.1) is 12.8 Å². The highest BCUT2D eigenvalue weighted by molar-refractivity contribution is 6.03. The smallest absolute Gasteiger partial charge is 0.182 e. The van der Waals surface area contributed by atoms with Gasteiger partial charge in [0.15, 0.2) is 5.78 Å². The van der Waals surface area contributed by atoms with Gasteiger partial charge in [0.05, 0.1) is 5.69 Å². The molecule has 84 valence electrons. The molecule has 0 spiro atoms. The summed E-state index contributed by atoms with van der Waals surface area (Å²) in [6.45, 7) is 5.91. The Morgan fingerprint density at radius 3 is 2.44 bits per heavy atom. The lowest BCUT2D eigenvalue weighted by Crippen LogP contribution is -2.13. The third-order valence-electron chi connectivity index (χ3n) is 3.12. The molecule has 0 aliphatic heterocycles. The summed E-state index contributed by atoms with van der Waals surface area (Å²) in [5.74, 6) is 0.262. The second kappa shape index (κ2) is 3.78. The molecule has 0 aliphatic carbocycles. The van der Waals surface area contributed by atoms with Crippen LogP contribution in [0.5, 0.6) is 0 Å². The zero-order chi connectivity index (χ0) is 11.9. The van der Waals surface area contributed by atoms with E-state index in [1.54, 1.807) is 0 Å². The maximum atomic E-state index is 12.1. The molecule has 2 rings (SSSR count). The Morgan fingerprint density at radius 1 is 1.25 bits per heavy atom. The van der Waals surface area contributed by atoms with Crippen molar-refractivity contribution in [3.63, 3.8) is 0 Å². The molecule has 0 bridgehead atoms. The zero-order valence-electron chi connectivity index (χ0n) is 10.2. The highest BCUT2D eigenvalue weighted by Gasteiger charge is 2.19. The molecular formula is C14H17NO. The van der Waals surface area contributed by atoms with Crippen LogP contribution in [0.3, 0.4) is 0 Å². The van der Waals surface area contributed by atoms with Gasteiger partial charge in [0, 0.05) is 23.9 Å². The molecular weight excluding hydrogens is 198 g/mol. The van der Waals surface area contributed by atoms with Gasteiger partial charge in [-0.15, -0.1) is 0 Å². The Labute approximate surface area is 95.9 Å². The van der Waals surface area contributed by atoms with E-state index >= 15 is 0 Å². The summed E-state index contributed by atoms with van der Waals surface area (Å²) in [5, 5.41) is 1.18. The zero-order valence-corrected chi connectivity index (χ0v) is 10.2. The third kappa shape index (κ3) is 1.45. The lowest BCUT2D eigenvalue weighted by atomic mass is 10.0. The molecule has 0 amide bonds. The van der Waals surface area contributed by atoms with Gasteiger partial charge in [-0.05, 0) is 18.6 Å². The van der Waals surface area contributed by atoms with Gasteiger partial charge in [0.2, 0.25) is 0 Å². The van der Waals surface area contributed by atoms with Crippen molar-refractivity contribution in [3.8, 4) is 0 Å². The Bertz CT molecular complexity index is 510. The van der Waals surface area contributed by atoms with E-state index < -0.39 is 0 Å². The van der Waals surface area contributed by atoms with Crippen molar-refractivity contribution in [2.75, 3.05) is 0 Å². The highest BCUT2D eigenvalue weighted by Crippen LogP contribution is 2.26. The van der Waals surface area contributed by atoms with Crippen LogP contribution >= 0.6 is 0 Å². The first-order chi connectivity index (χ1) is 7.54. The number of Topliss-reactive ketones (excluding diaryl/α,β-unsaturated/α-hetero) is 1. The Hall–Kier alpha value is -1.57. The fourth-order valence-electron chi connectivity index (χ4n) is 2.21. The molecule has 0 radical (unpaired) electrons. The number of carbonyl (C=O) groups excluding carboxylic acids is 1. The molecule has 0 saturated heterocycles. The largest absolute Gasteiger partial charge is 0.341 e. The summed E-state index contributed by atoms with van der Waals surface area (Å²) in [4.78, 5) is 12.1. The average molecular weight is 215 g/mol. The highest BCUT2D eigenvalue weighted by atomic mass is 16.1. The molecule has 1 aromatic heterocycles. The van der Waals surface area contributed by atoms with E-state index in [2.05, 4.69) is 12.1 Å². The summed E-state index contributed by atoms with van der Waals surface area (Å²) in [5.41, 5.74) is 3.07. The summed E-state index contributed by atoms with van der Waals surface area (Å²) >= 11 is 0. The van der Waals surface area contributed by atoms with Crippen molar-refractivity contribution in [1.29, 1.82) is 0 Å². The van der Waals surface area contributed by atoms with Crippen LogP contribution in [-0.2, 0) is 7.05 Å². The molecule has 0 atom stereocenters. The molecule has 0 saturated carbocycles. The quantitative estimate of drug-likeness (QED) is 0.704. The number of nitrogens with zero attached hydrogens (tertiary/aromatic N) is 1. The lowest BCUT2D eigenvalue weighted by Gasteiger charge is -2.07. The van der Waals surface area contributed by atoms with Gasteiger partial charge in [-0.25, -0.2) is 0 Å². The first kappa shape index (κ1) is 10.9. The standard InChI is InChI=1S/C14H17NO/c1-9(2)14(16)13-10(3)11-7-5-6-8-12(11)15(13)4/h5-9H,1-4H3. The minimum absolute atomic E-state index is 0.0433. The van der Waals surface area contributed by atoms with E-state index in [0.29, 0.717) is 0 Å². The topological polar surface area (TPSA) is 22.0 Å². The average Bonchev–Trinajstić information content (AvgIpc) is 2.52. The maximum Gasteiger partial charge on any atom is 0.182 e. The summed E-state index contributed by atoms with van der Waals surface area (Å²) in [6, 6.07) is 8.14. The first-order valence-corrected chi connectivity index (χ1v) is 5.62. The molecule has 1 heterocycles. The maximum absolute atomic E-state index is 12.1. The van der Waals surface area contributed by atoms with E-state index in [1.165, 1.54) is 5.39 Å². The number of aryl methyl sites for hydroxylation is 2. The van der Waals surface area contributed by atoms with Gasteiger partial charge >= 0.3 is 0 Å². The molecule has 0 N–H and O–H groups in total. The monoisotopic (exact) mass is 215 g/mol. The molecule has 0 fully saturated rings. The number of hydrogen-bond acceptors (Lipinski definition) is 1. The van der Waals surface area contributed by atoms with E-state index in [4.69, 9.17) is 0 Å². The fourth-order valence-corrected chi connectivity index (χ4v) is 2.21. The number of hydrogen-bond donors (Lipinski definition) is 0. The number of fused-ring (bicyclic) bond motifs is 1. The van der Waals surface area contributed by atoms with Crippen molar-refractivity contribution in [2.45, 2.75) is 20.8 Å². The lowest BCUT2D eigenvalue weighted by molar-refractivity contribution is 0.0931. The van der Waals surface area contributed by atoms with Crippen molar-refractivity contribution in [1.82, 2.24) is 4.57 Å². The Kier molecular flexibility index (Phi) is 2.58. The van der Waals surface area contributed by atoms with Gasteiger partial charge in [-0.1, -0.05) is 32.0 Å². The number of rotatable bonds is 2. The summed E-state index contributed by atoms with van der Waals surface area (Å²) in [6.07, 6.45) is 0. The first-order valence-electron chi connectivity index (χ1n) is 5.62. The van der Waals surface area contributed by atoms with E-state index in [1.807, 2.05) is 44.5 Å². The Balaban J connectivity index is 2.76. The van der Waals surface area contributed by atoms with Crippen molar-refractivity contribution >= 4 is 16.7 Å². The number of ketones is 1. The molecule has 1 aromatic carbocycles. The Morgan fingerprint density at radius 2 is 1.88 bits per heavy atom. The van der Waals surface area contributed by atoms with Crippen molar-refractivity contribution in [2.24, 2.45) is 13.0 Å². The van der Waals surface area contributed by atoms with E-state index in [0.717, 1.165) is 16.8 Å².